The maximum atomic E-state index is 12.1. The van der Waals surface area contributed by atoms with E-state index < -0.39 is 5.91 Å². The van der Waals surface area contributed by atoms with Gasteiger partial charge in [0.05, 0.1) is 0 Å². The monoisotopic (exact) mass is 374 g/mol. The van der Waals surface area contributed by atoms with Crippen LogP contribution in [-0.4, -0.2) is 5.91 Å². The summed E-state index contributed by atoms with van der Waals surface area (Å²) in [6, 6.07) is 18.6. The predicted octanol–water partition coefficient (Wildman–Crippen LogP) is 3.84. The second kappa shape index (κ2) is 6.87. The van der Waals surface area contributed by atoms with Gasteiger partial charge in [0.2, 0.25) is 0 Å². The molecular formula is C16H11IN2O. The molecule has 4 heteroatoms. The average Bonchev–Trinajstić information content (AvgIpc) is 2.45. The summed E-state index contributed by atoms with van der Waals surface area (Å²) in [4.78, 5) is 12.1. The van der Waals surface area contributed by atoms with Crippen molar-refractivity contribution in [3.05, 3.63) is 69.3 Å². The SMILES string of the molecule is N#C/C(=C\c1ccccc1)C(=O)Nc1cccc(I)c1. The predicted molar refractivity (Wildman–Crippen MR) is 87.8 cm³/mol. The molecule has 1 N–H and O–H groups in total. The normalized spacial score (nSPS) is 10.7. The van der Waals surface area contributed by atoms with Crippen LogP contribution < -0.4 is 5.32 Å². The van der Waals surface area contributed by atoms with Gasteiger partial charge in [-0.05, 0) is 52.4 Å². The van der Waals surface area contributed by atoms with Crippen molar-refractivity contribution in [2.75, 3.05) is 5.32 Å². The summed E-state index contributed by atoms with van der Waals surface area (Å²) < 4.78 is 1.02. The molecule has 3 nitrogen and oxygen atoms in total. The van der Waals surface area contributed by atoms with E-state index in [4.69, 9.17) is 5.26 Å². The number of benzene rings is 2. The topological polar surface area (TPSA) is 52.9 Å². The Balaban J connectivity index is 2.19. The molecule has 0 fully saturated rings. The van der Waals surface area contributed by atoms with E-state index in [0.29, 0.717) is 5.69 Å². The molecular weight excluding hydrogens is 363 g/mol. The van der Waals surface area contributed by atoms with Gasteiger partial charge in [0.1, 0.15) is 11.6 Å². The van der Waals surface area contributed by atoms with E-state index in [1.165, 1.54) is 0 Å². The van der Waals surface area contributed by atoms with Crippen LogP contribution in [0.3, 0.4) is 0 Å². The largest absolute Gasteiger partial charge is 0.321 e. The molecule has 1 amide bonds. The van der Waals surface area contributed by atoms with Gasteiger partial charge in [0.15, 0.2) is 0 Å². The van der Waals surface area contributed by atoms with Crippen LogP contribution in [0.4, 0.5) is 5.69 Å². The molecule has 0 radical (unpaired) electrons. The van der Waals surface area contributed by atoms with Crippen molar-refractivity contribution in [3.63, 3.8) is 0 Å². The summed E-state index contributed by atoms with van der Waals surface area (Å²) in [6.07, 6.45) is 1.57. The number of hydrogen-bond acceptors (Lipinski definition) is 2. The number of nitrogens with zero attached hydrogens (tertiary/aromatic N) is 1. The third-order valence-corrected chi connectivity index (χ3v) is 3.23. The van der Waals surface area contributed by atoms with Gasteiger partial charge in [-0.25, -0.2) is 0 Å². The maximum Gasteiger partial charge on any atom is 0.266 e. The van der Waals surface area contributed by atoms with Gasteiger partial charge in [-0.1, -0.05) is 36.4 Å². The number of nitrogens with one attached hydrogen (secondary N) is 1. The molecule has 2 rings (SSSR count). The van der Waals surface area contributed by atoms with Crippen molar-refractivity contribution >= 4 is 40.3 Å². The molecule has 0 aliphatic heterocycles. The van der Waals surface area contributed by atoms with Gasteiger partial charge >= 0.3 is 0 Å². The van der Waals surface area contributed by atoms with E-state index in [2.05, 4.69) is 27.9 Å². The van der Waals surface area contributed by atoms with Gasteiger partial charge in [-0.15, -0.1) is 0 Å². The number of carbonyl (C=O) groups excluding carboxylic acids is 1. The lowest BCUT2D eigenvalue weighted by molar-refractivity contribution is -0.112. The molecule has 0 spiro atoms. The Labute approximate surface area is 131 Å². The lowest BCUT2D eigenvalue weighted by Crippen LogP contribution is -2.13. The molecule has 0 aromatic heterocycles. The maximum absolute atomic E-state index is 12.1. The molecule has 0 atom stereocenters. The minimum Gasteiger partial charge on any atom is -0.321 e. The van der Waals surface area contributed by atoms with Crippen LogP contribution in [0.15, 0.2) is 60.2 Å². The number of halogens is 1. The van der Waals surface area contributed by atoms with Crippen LogP contribution in [0.25, 0.3) is 6.08 Å². The lowest BCUT2D eigenvalue weighted by Gasteiger charge is -2.04. The molecule has 2 aromatic rings. The molecule has 20 heavy (non-hydrogen) atoms. The van der Waals surface area contributed by atoms with Crippen LogP contribution in [-0.2, 0) is 4.79 Å². The Morgan fingerprint density at radius 2 is 1.90 bits per heavy atom. The first kappa shape index (κ1) is 14.3. The Morgan fingerprint density at radius 3 is 2.55 bits per heavy atom. The van der Waals surface area contributed by atoms with E-state index in [1.54, 1.807) is 12.1 Å². The van der Waals surface area contributed by atoms with E-state index >= 15 is 0 Å². The van der Waals surface area contributed by atoms with Gasteiger partial charge < -0.3 is 5.32 Å². The van der Waals surface area contributed by atoms with E-state index in [1.807, 2.05) is 54.6 Å². The molecule has 2 aromatic carbocycles. The molecule has 0 saturated heterocycles. The quantitative estimate of drug-likeness (QED) is 0.504. The first-order valence-corrected chi connectivity index (χ1v) is 7.00. The van der Waals surface area contributed by atoms with E-state index in [9.17, 15) is 4.79 Å². The first-order valence-electron chi connectivity index (χ1n) is 5.93. The Morgan fingerprint density at radius 1 is 1.15 bits per heavy atom. The summed E-state index contributed by atoms with van der Waals surface area (Å²) in [6.45, 7) is 0. The Kier molecular flexibility index (Phi) is 4.91. The van der Waals surface area contributed by atoms with Crippen molar-refractivity contribution in [3.8, 4) is 6.07 Å². The van der Waals surface area contributed by atoms with Gasteiger partial charge in [0, 0.05) is 9.26 Å². The van der Waals surface area contributed by atoms with Crippen molar-refractivity contribution < 1.29 is 4.79 Å². The lowest BCUT2D eigenvalue weighted by atomic mass is 10.1. The van der Waals surface area contributed by atoms with Crippen LogP contribution in [0.1, 0.15) is 5.56 Å². The van der Waals surface area contributed by atoms with Crippen LogP contribution >= 0.6 is 22.6 Å². The molecule has 0 aliphatic rings. The fraction of sp³-hybridized carbons (Fsp3) is 0. The van der Waals surface area contributed by atoms with Crippen molar-refractivity contribution in [2.45, 2.75) is 0 Å². The van der Waals surface area contributed by atoms with E-state index in [-0.39, 0.29) is 5.57 Å². The first-order chi connectivity index (χ1) is 9.69. The molecule has 0 bridgehead atoms. The van der Waals surface area contributed by atoms with Gasteiger partial charge in [-0.3, -0.25) is 4.79 Å². The average molecular weight is 374 g/mol. The van der Waals surface area contributed by atoms with Crippen molar-refractivity contribution in [1.82, 2.24) is 0 Å². The summed E-state index contributed by atoms with van der Waals surface area (Å²) in [5, 5.41) is 11.8. The highest BCUT2D eigenvalue weighted by Gasteiger charge is 2.09. The zero-order valence-corrected chi connectivity index (χ0v) is 12.7. The van der Waals surface area contributed by atoms with Crippen LogP contribution in [0, 0.1) is 14.9 Å². The van der Waals surface area contributed by atoms with Gasteiger partial charge in [0.25, 0.3) is 5.91 Å². The Bertz CT molecular complexity index is 687. The number of rotatable bonds is 3. The Hall–Kier alpha value is -2.13. The summed E-state index contributed by atoms with van der Waals surface area (Å²) in [5.41, 5.74) is 1.58. The highest BCUT2D eigenvalue weighted by atomic mass is 127. The number of nitriles is 1. The number of carbonyl (C=O) groups is 1. The molecule has 98 valence electrons. The third kappa shape index (κ3) is 3.93. The summed E-state index contributed by atoms with van der Waals surface area (Å²) >= 11 is 2.17. The highest BCUT2D eigenvalue weighted by Crippen LogP contribution is 2.14. The smallest absolute Gasteiger partial charge is 0.266 e. The summed E-state index contributed by atoms with van der Waals surface area (Å²) in [7, 11) is 0. The number of amides is 1. The van der Waals surface area contributed by atoms with Crippen LogP contribution in [0.5, 0.6) is 0 Å². The zero-order chi connectivity index (χ0) is 14.4. The van der Waals surface area contributed by atoms with E-state index in [0.717, 1.165) is 9.13 Å². The number of hydrogen-bond donors (Lipinski definition) is 1. The fourth-order valence-corrected chi connectivity index (χ4v) is 2.17. The van der Waals surface area contributed by atoms with Crippen molar-refractivity contribution in [2.24, 2.45) is 0 Å². The summed E-state index contributed by atoms with van der Waals surface area (Å²) in [5.74, 6) is -0.404. The van der Waals surface area contributed by atoms with Gasteiger partial charge in [-0.2, -0.15) is 5.26 Å². The highest BCUT2D eigenvalue weighted by molar-refractivity contribution is 14.1. The fourth-order valence-electron chi connectivity index (χ4n) is 1.63. The minimum atomic E-state index is -0.404. The zero-order valence-electron chi connectivity index (χ0n) is 10.5. The standard InChI is InChI=1S/C16H11IN2O/c17-14-7-4-8-15(10-14)19-16(20)13(11-18)9-12-5-2-1-3-6-12/h1-10H,(H,19,20)/b13-9+. The van der Waals surface area contributed by atoms with Crippen molar-refractivity contribution in [1.29, 1.82) is 5.26 Å². The molecule has 0 saturated carbocycles. The number of anilines is 1. The second-order valence-electron chi connectivity index (χ2n) is 4.04. The third-order valence-electron chi connectivity index (χ3n) is 2.56. The molecule has 0 unspecified atom stereocenters. The second-order valence-corrected chi connectivity index (χ2v) is 5.29. The molecule has 0 aliphatic carbocycles. The minimum absolute atomic E-state index is 0.0788. The molecule has 0 heterocycles. The van der Waals surface area contributed by atoms with Crippen LogP contribution in [0.2, 0.25) is 0 Å².